The van der Waals surface area contributed by atoms with Gasteiger partial charge in [0.1, 0.15) is 11.5 Å². The highest BCUT2D eigenvalue weighted by Gasteiger charge is 2.13. The first kappa shape index (κ1) is 22.5. The number of benzene rings is 2. The molecule has 3 rings (SSSR count). The molecule has 5 nitrogen and oxygen atoms in total. The zero-order valence-electron chi connectivity index (χ0n) is 18.8. The van der Waals surface area contributed by atoms with Crippen LogP contribution in [-0.2, 0) is 11.2 Å². The molecule has 5 heteroatoms. The molecule has 0 aliphatic rings. The second-order valence-corrected chi connectivity index (χ2v) is 8.00. The molecule has 162 valence electrons. The molecule has 2 aromatic carbocycles. The van der Waals surface area contributed by atoms with Crippen molar-refractivity contribution in [2.75, 3.05) is 12.4 Å². The van der Waals surface area contributed by atoms with Crippen molar-refractivity contribution in [2.24, 2.45) is 0 Å². The highest BCUT2D eigenvalue weighted by molar-refractivity contribution is 6.05. The average Bonchev–Trinajstić information content (AvgIpc) is 2.74. The van der Waals surface area contributed by atoms with Crippen molar-refractivity contribution in [1.29, 1.82) is 0 Å². The minimum absolute atomic E-state index is 0.0792. The second-order valence-electron chi connectivity index (χ2n) is 8.00. The fourth-order valence-corrected chi connectivity index (χ4v) is 3.25. The van der Waals surface area contributed by atoms with Crippen molar-refractivity contribution < 1.29 is 14.3 Å². The number of anilines is 1. The number of nitrogens with one attached hydrogen (secondary N) is 1. The maximum Gasteiger partial charge on any atom is 0.257 e. The maximum absolute atomic E-state index is 12.8. The molecule has 1 aromatic heterocycles. The van der Waals surface area contributed by atoms with E-state index in [1.54, 1.807) is 7.11 Å². The Bertz CT molecular complexity index is 1050. The normalized spacial score (nSPS) is 11.9. The van der Waals surface area contributed by atoms with E-state index >= 15 is 0 Å². The minimum Gasteiger partial charge on any atom is -0.457 e. The predicted molar refractivity (Wildman–Crippen MR) is 124 cm³/mol. The van der Waals surface area contributed by atoms with Gasteiger partial charge in [-0.25, -0.2) is 0 Å². The van der Waals surface area contributed by atoms with Crippen LogP contribution < -0.4 is 10.1 Å². The van der Waals surface area contributed by atoms with Crippen molar-refractivity contribution in [3.8, 4) is 11.5 Å². The maximum atomic E-state index is 12.8. The van der Waals surface area contributed by atoms with E-state index in [4.69, 9.17) is 9.47 Å². The fraction of sp³-hybridized carbons (Fsp3) is 0.308. The Labute approximate surface area is 184 Å². The lowest BCUT2D eigenvalue weighted by Crippen LogP contribution is -2.16. The van der Waals surface area contributed by atoms with Crippen LogP contribution in [0.15, 0.2) is 60.7 Å². The van der Waals surface area contributed by atoms with Gasteiger partial charge in [0.25, 0.3) is 5.91 Å². The number of methoxy groups -OCH3 is 1. The van der Waals surface area contributed by atoms with Gasteiger partial charge in [-0.05, 0) is 61.7 Å². The Kier molecular flexibility index (Phi) is 7.42. The van der Waals surface area contributed by atoms with Gasteiger partial charge in [0.05, 0.1) is 17.4 Å². The molecule has 0 spiro atoms. The van der Waals surface area contributed by atoms with Crippen LogP contribution in [0, 0.1) is 6.92 Å². The molecule has 0 radical (unpaired) electrons. The number of aryl methyl sites for hydroxylation is 1. The van der Waals surface area contributed by atoms with E-state index in [-0.39, 0.29) is 12.0 Å². The fourth-order valence-electron chi connectivity index (χ4n) is 3.25. The number of ether oxygens (including phenoxy) is 2. The summed E-state index contributed by atoms with van der Waals surface area (Å²) in [7, 11) is 1.68. The van der Waals surface area contributed by atoms with Gasteiger partial charge in [-0.3, -0.25) is 9.78 Å². The van der Waals surface area contributed by atoms with Gasteiger partial charge >= 0.3 is 0 Å². The zero-order chi connectivity index (χ0) is 22.4. The average molecular weight is 419 g/mol. The van der Waals surface area contributed by atoms with Gasteiger partial charge in [-0.1, -0.05) is 32.0 Å². The van der Waals surface area contributed by atoms with Crippen LogP contribution in [0.1, 0.15) is 54.0 Å². The van der Waals surface area contributed by atoms with Crippen molar-refractivity contribution in [3.05, 3.63) is 83.2 Å². The van der Waals surface area contributed by atoms with Crippen LogP contribution in [0.2, 0.25) is 0 Å². The molecule has 0 aliphatic heterocycles. The van der Waals surface area contributed by atoms with E-state index in [2.05, 4.69) is 30.2 Å². The smallest absolute Gasteiger partial charge is 0.257 e. The Morgan fingerprint density at radius 1 is 1.00 bits per heavy atom. The molecule has 3 aromatic rings. The van der Waals surface area contributed by atoms with Gasteiger partial charge in [-0.15, -0.1) is 0 Å². The highest BCUT2D eigenvalue weighted by Crippen LogP contribution is 2.27. The summed E-state index contributed by atoms with van der Waals surface area (Å²) in [6.07, 6.45) is 0.784. The SMILES string of the molecule is COC(C)Cc1ccc(C(=O)Nc2cccc(Oc3cccc(C(C)C)c3)c2)c(C)n1. The van der Waals surface area contributed by atoms with Gasteiger partial charge < -0.3 is 14.8 Å². The molecule has 1 N–H and O–H groups in total. The molecule has 0 bridgehead atoms. The molecule has 0 saturated carbocycles. The lowest BCUT2D eigenvalue weighted by atomic mass is 10.0. The number of hydrogen-bond acceptors (Lipinski definition) is 4. The molecular formula is C26H30N2O3. The van der Waals surface area contributed by atoms with Crippen LogP contribution in [0.4, 0.5) is 5.69 Å². The third-order valence-corrected chi connectivity index (χ3v) is 5.14. The Morgan fingerprint density at radius 3 is 2.39 bits per heavy atom. The molecule has 1 amide bonds. The Morgan fingerprint density at radius 2 is 1.71 bits per heavy atom. The van der Waals surface area contributed by atoms with Crippen LogP contribution >= 0.6 is 0 Å². The molecule has 1 unspecified atom stereocenters. The summed E-state index contributed by atoms with van der Waals surface area (Å²) in [5.74, 6) is 1.67. The van der Waals surface area contributed by atoms with Crippen molar-refractivity contribution in [1.82, 2.24) is 4.98 Å². The van der Waals surface area contributed by atoms with Crippen LogP contribution in [0.5, 0.6) is 11.5 Å². The lowest BCUT2D eigenvalue weighted by Gasteiger charge is -2.13. The molecule has 0 fully saturated rings. The number of rotatable bonds is 8. The topological polar surface area (TPSA) is 60.5 Å². The van der Waals surface area contributed by atoms with Crippen molar-refractivity contribution in [2.45, 2.75) is 46.1 Å². The zero-order valence-corrected chi connectivity index (χ0v) is 18.8. The van der Waals surface area contributed by atoms with Crippen LogP contribution in [0.25, 0.3) is 0 Å². The first-order valence-corrected chi connectivity index (χ1v) is 10.5. The lowest BCUT2D eigenvalue weighted by molar-refractivity contribution is 0.102. The highest BCUT2D eigenvalue weighted by atomic mass is 16.5. The summed E-state index contributed by atoms with van der Waals surface area (Å²) in [6.45, 7) is 8.14. The number of aromatic nitrogens is 1. The van der Waals surface area contributed by atoms with E-state index in [1.807, 2.05) is 68.4 Å². The third-order valence-electron chi connectivity index (χ3n) is 5.14. The Balaban J connectivity index is 1.70. The van der Waals surface area contributed by atoms with Crippen LogP contribution in [0.3, 0.4) is 0 Å². The first-order chi connectivity index (χ1) is 14.9. The third kappa shape index (κ3) is 6.15. The molecular weight excluding hydrogens is 388 g/mol. The second kappa shape index (κ2) is 10.2. The molecule has 1 heterocycles. The summed E-state index contributed by atoms with van der Waals surface area (Å²) in [4.78, 5) is 17.4. The van der Waals surface area contributed by atoms with Crippen molar-refractivity contribution in [3.63, 3.8) is 0 Å². The van der Waals surface area contributed by atoms with Gasteiger partial charge in [-0.2, -0.15) is 0 Å². The van der Waals surface area contributed by atoms with E-state index < -0.39 is 0 Å². The summed E-state index contributed by atoms with van der Waals surface area (Å²) in [5.41, 5.74) is 4.02. The van der Waals surface area contributed by atoms with Gasteiger partial charge in [0.15, 0.2) is 0 Å². The van der Waals surface area contributed by atoms with E-state index in [1.165, 1.54) is 5.56 Å². The monoisotopic (exact) mass is 418 g/mol. The first-order valence-electron chi connectivity index (χ1n) is 10.5. The summed E-state index contributed by atoms with van der Waals surface area (Å²) >= 11 is 0. The van der Waals surface area contributed by atoms with E-state index in [0.29, 0.717) is 35.0 Å². The molecule has 0 saturated heterocycles. The van der Waals surface area contributed by atoms with E-state index in [9.17, 15) is 4.79 Å². The number of nitrogens with zero attached hydrogens (tertiary/aromatic N) is 1. The van der Waals surface area contributed by atoms with E-state index in [0.717, 1.165) is 11.4 Å². The number of pyridine rings is 1. The largest absolute Gasteiger partial charge is 0.457 e. The number of amides is 1. The Hall–Kier alpha value is -3.18. The number of carbonyl (C=O) groups is 1. The predicted octanol–water partition coefficient (Wildman–Crippen LogP) is 6.14. The van der Waals surface area contributed by atoms with Crippen molar-refractivity contribution >= 4 is 11.6 Å². The quantitative estimate of drug-likeness (QED) is 0.478. The standard InChI is InChI=1S/C26H30N2O3/c1-17(2)20-8-6-10-23(15-20)31-24-11-7-9-21(16-24)28-26(29)25-13-12-22(27-19(25)4)14-18(3)30-5/h6-13,15-18H,14H2,1-5H3,(H,28,29). The van der Waals surface area contributed by atoms with Gasteiger partial charge in [0.2, 0.25) is 0 Å². The molecule has 0 aliphatic carbocycles. The summed E-state index contributed by atoms with van der Waals surface area (Å²) in [5, 5.41) is 2.94. The molecule has 31 heavy (non-hydrogen) atoms. The van der Waals surface area contributed by atoms with Gasteiger partial charge in [0, 0.05) is 31.0 Å². The number of carbonyl (C=O) groups excluding carboxylic acids is 1. The number of hydrogen-bond donors (Lipinski definition) is 1. The minimum atomic E-state index is -0.199. The van der Waals surface area contributed by atoms with Crippen LogP contribution in [-0.4, -0.2) is 24.1 Å². The summed E-state index contributed by atoms with van der Waals surface area (Å²) in [6, 6.07) is 19.1. The summed E-state index contributed by atoms with van der Waals surface area (Å²) < 4.78 is 11.3. The molecule has 1 atom stereocenters.